The molecule has 3 aromatic heterocycles. The first-order valence-electron chi connectivity index (χ1n) is 15.1. The molecule has 1 N–H and O–H groups in total. The van der Waals surface area contributed by atoms with Crippen LogP contribution in [0.1, 0.15) is 66.3 Å². The minimum absolute atomic E-state index is 0.0885. The molecule has 1 unspecified atom stereocenters. The molecule has 4 aromatic rings. The summed E-state index contributed by atoms with van der Waals surface area (Å²) in [5, 5.41) is 19.9. The largest absolute Gasteiger partial charge is 0.390 e. The Labute approximate surface area is 261 Å². The van der Waals surface area contributed by atoms with Gasteiger partial charge in [-0.3, -0.25) is 14.5 Å². The van der Waals surface area contributed by atoms with E-state index in [1.54, 1.807) is 43.2 Å². The minimum Gasteiger partial charge on any atom is -0.390 e. The molecule has 2 saturated carbocycles. The van der Waals surface area contributed by atoms with Crippen molar-refractivity contribution in [2.45, 2.75) is 75.2 Å². The van der Waals surface area contributed by atoms with Gasteiger partial charge in [0.25, 0.3) is 0 Å². The summed E-state index contributed by atoms with van der Waals surface area (Å²) >= 11 is 0. The van der Waals surface area contributed by atoms with Crippen LogP contribution >= 0.6 is 0 Å². The van der Waals surface area contributed by atoms with Crippen molar-refractivity contribution < 1.29 is 18.5 Å². The highest BCUT2D eigenvalue weighted by Crippen LogP contribution is 2.52. The van der Waals surface area contributed by atoms with Gasteiger partial charge in [-0.25, -0.2) is 22.6 Å². The van der Waals surface area contributed by atoms with E-state index in [0.717, 1.165) is 28.1 Å². The molecule has 3 atom stereocenters. The van der Waals surface area contributed by atoms with Gasteiger partial charge in [0.15, 0.2) is 5.78 Å². The first-order chi connectivity index (χ1) is 21.4. The van der Waals surface area contributed by atoms with E-state index in [0.29, 0.717) is 44.2 Å². The molecule has 10 nitrogen and oxygen atoms in total. The van der Waals surface area contributed by atoms with E-state index in [4.69, 9.17) is 0 Å². The Kier molecular flexibility index (Phi) is 6.95. The maximum Gasteiger partial charge on any atom is 0.244 e. The lowest BCUT2D eigenvalue weighted by atomic mass is 9.60. The molecule has 0 spiro atoms. The van der Waals surface area contributed by atoms with Gasteiger partial charge < -0.3 is 5.11 Å². The van der Waals surface area contributed by atoms with E-state index in [1.807, 2.05) is 23.4 Å². The molecule has 3 aliphatic rings. The molecular formula is C33H36FN7O3S. The SMILES string of the molecule is C=S(=O)(c1ncn(C)n1)N(C1CC(C)(O)C1)[C@H]1CCC2=Cc3c(cnn3-c3ccc(F)cc3)C[C@]2(C(=O)c2cc(C)ccn2)C1. The fraction of sp³-hybridized carbons (Fsp3) is 0.394. The number of carbonyl (C=O) groups is 1. The third-order valence-corrected chi connectivity index (χ3v) is 11.6. The molecular weight excluding hydrogens is 593 g/mol. The third kappa shape index (κ3) is 5.04. The van der Waals surface area contributed by atoms with Crippen molar-refractivity contribution in [3.63, 3.8) is 0 Å². The molecule has 0 aliphatic heterocycles. The second kappa shape index (κ2) is 10.5. The fourth-order valence-corrected chi connectivity index (χ4v) is 9.42. The summed E-state index contributed by atoms with van der Waals surface area (Å²) < 4.78 is 33.5. The van der Waals surface area contributed by atoms with Crippen LogP contribution in [0.25, 0.3) is 11.8 Å². The molecule has 7 rings (SSSR count). The van der Waals surface area contributed by atoms with Crippen molar-refractivity contribution in [3.05, 3.63) is 89.0 Å². The van der Waals surface area contributed by atoms with Crippen LogP contribution in [-0.4, -0.2) is 72.5 Å². The van der Waals surface area contributed by atoms with Gasteiger partial charge in [-0.2, -0.15) is 5.10 Å². The molecule has 0 amide bonds. The lowest BCUT2D eigenvalue weighted by Gasteiger charge is -2.53. The number of ketones is 1. The molecule has 3 heterocycles. The number of hydrogen-bond donors (Lipinski definition) is 1. The van der Waals surface area contributed by atoms with Crippen LogP contribution < -0.4 is 0 Å². The van der Waals surface area contributed by atoms with Crippen LogP contribution in [0, 0.1) is 18.2 Å². The minimum atomic E-state index is -3.16. The highest BCUT2D eigenvalue weighted by atomic mass is 32.2. The van der Waals surface area contributed by atoms with E-state index in [1.165, 1.54) is 23.1 Å². The Hall–Kier alpha value is -4.00. The van der Waals surface area contributed by atoms with Gasteiger partial charge in [0, 0.05) is 25.3 Å². The number of benzene rings is 1. The Bertz CT molecular complexity index is 1940. The normalized spacial score (nSPS) is 27.2. The van der Waals surface area contributed by atoms with Crippen LogP contribution in [0.3, 0.4) is 0 Å². The van der Waals surface area contributed by atoms with E-state index in [2.05, 4.69) is 32.1 Å². The van der Waals surface area contributed by atoms with Gasteiger partial charge in [0.1, 0.15) is 17.8 Å². The Morgan fingerprint density at radius 1 is 1.16 bits per heavy atom. The molecule has 0 bridgehead atoms. The first kappa shape index (κ1) is 29.7. The van der Waals surface area contributed by atoms with E-state index >= 15 is 0 Å². The second-order valence-corrected chi connectivity index (χ2v) is 15.1. The average Bonchev–Trinajstić information content (AvgIpc) is 3.61. The number of hydrogen-bond acceptors (Lipinski definition) is 7. The van der Waals surface area contributed by atoms with Crippen molar-refractivity contribution in [3.8, 4) is 5.69 Å². The third-order valence-electron chi connectivity index (χ3n) is 9.56. The summed E-state index contributed by atoms with van der Waals surface area (Å²) in [6.07, 6.45) is 9.82. The van der Waals surface area contributed by atoms with Crippen molar-refractivity contribution in [2.75, 3.05) is 0 Å². The predicted molar refractivity (Wildman–Crippen MR) is 169 cm³/mol. The average molecular weight is 630 g/mol. The zero-order valence-electron chi connectivity index (χ0n) is 25.6. The maximum absolute atomic E-state index is 14.7. The fourth-order valence-electron chi connectivity index (χ4n) is 7.47. The number of pyridine rings is 1. The van der Waals surface area contributed by atoms with E-state index in [9.17, 15) is 18.5 Å². The number of halogens is 1. The zero-order chi connectivity index (χ0) is 31.7. The number of fused-ring (bicyclic) bond motifs is 2. The Balaban J connectivity index is 1.33. The van der Waals surface area contributed by atoms with Gasteiger partial charge >= 0.3 is 0 Å². The summed E-state index contributed by atoms with van der Waals surface area (Å²) in [6.45, 7) is 3.72. The van der Waals surface area contributed by atoms with Crippen LogP contribution in [0.2, 0.25) is 0 Å². The summed E-state index contributed by atoms with van der Waals surface area (Å²) in [4.78, 5) is 23.6. The van der Waals surface area contributed by atoms with Gasteiger partial charge in [-0.15, -0.1) is 5.10 Å². The highest BCUT2D eigenvalue weighted by Gasteiger charge is 2.54. The molecule has 45 heavy (non-hydrogen) atoms. The van der Waals surface area contributed by atoms with Gasteiger partial charge in [-0.1, -0.05) is 5.57 Å². The van der Waals surface area contributed by atoms with Crippen molar-refractivity contribution in [1.82, 2.24) is 33.8 Å². The molecule has 0 saturated heterocycles. The lowest BCUT2D eigenvalue weighted by molar-refractivity contribution is -0.0680. The van der Waals surface area contributed by atoms with Crippen LogP contribution in [-0.2, 0) is 23.2 Å². The molecule has 2 fully saturated rings. The summed E-state index contributed by atoms with van der Waals surface area (Å²) in [5.74, 6) is 3.77. The molecule has 234 valence electrons. The summed E-state index contributed by atoms with van der Waals surface area (Å²) in [5.41, 5.74) is 2.93. The van der Waals surface area contributed by atoms with Gasteiger partial charge in [0.05, 0.1) is 38.3 Å². The smallest absolute Gasteiger partial charge is 0.244 e. The van der Waals surface area contributed by atoms with Crippen LogP contribution in [0.5, 0.6) is 0 Å². The number of Topliss-reactive ketones (excluding diaryl/α,β-unsaturated/α-hetero) is 1. The molecule has 0 radical (unpaired) electrons. The summed E-state index contributed by atoms with van der Waals surface area (Å²) in [7, 11) is -1.44. The number of carbonyl (C=O) groups excluding carboxylic acids is 1. The van der Waals surface area contributed by atoms with Gasteiger partial charge in [-0.05, 0) is 112 Å². The predicted octanol–water partition coefficient (Wildman–Crippen LogP) is 4.11. The quantitative estimate of drug-likeness (QED) is 0.241. The number of rotatable bonds is 7. The van der Waals surface area contributed by atoms with E-state index < -0.39 is 20.7 Å². The lowest BCUT2D eigenvalue weighted by Crippen LogP contribution is -2.60. The first-order valence-corrected chi connectivity index (χ1v) is 16.8. The second-order valence-electron chi connectivity index (χ2n) is 13.1. The molecule has 12 heteroatoms. The van der Waals surface area contributed by atoms with E-state index in [-0.39, 0.29) is 28.8 Å². The number of nitrogens with zero attached hydrogens (tertiary/aromatic N) is 7. The maximum atomic E-state index is 14.7. The van der Waals surface area contributed by atoms with Crippen LogP contribution in [0.15, 0.2) is 65.8 Å². The topological polar surface area (TPSA) is 119 Å². The van der Waals surface area contributed by atoms with Gasteiger partial charge in [0.2, 0.25) is 5.16 Å². The molecule has 1 aromatic carbocycles. The monoisotopic (exact) mass is 629 g/mol. The Morgan fingerprint density at radius 2 is 1.91 bits per heavy atom. The van der Waals surface area contributed by atoms with Crippen molar-refractivity contribution in [1.29, 1.82) is 0 Å². The number of allylic oxidation sites excluding steroid dienone is 1. The standard InChI is InChI=1S/C33H36FN7O3S/c1-21-11-12-35-28(13-21)30(42)33-15-22-19-37-40(25-9-6-24(34)7-10-25)29(22)14-23(33)5-8-26(18-33)41(27-16-32(2,43)17-27)45(4,44)31-36-20-39(3)38-31/h6-7,9-14,19-20,26-27,43H,4-5,8,15-18H2,1-3H3/t26-,27?,32?,33-,45?/m0/s1. The Morgan fingerprint density at radius 3 is 2.58 bits per heavy atom. The summed E-state index contributed by atoms with van der Waals surface area (Å²) in [6, 6.07) is 9.34. The highest BCUT2D eigenvalue weighted by molar-refractivity contribution is 7.98. The van der Waals surface area contributed by atoms with Crippen molar-refractivity contribution in [2.24, 2.45) is 12.5 Å². The number of aromatic nitrogens is 6. The number of aryl methyl sites for hydroxylation is 2. The van der Waals surface area contributed by atoms with Crippen molar-refractivity contribution >= 4 is 27.4 Å². The number of aliphatic hydroxyl groups is 1. The molecule has 3 aliphatic carbocycles. The van der Waals surface area contributed by atoms with Crippen LogP contribution in [0.4, 0.5) is 4.39 Å². The zero-order valence-corrected chi connectivity index (χ0v) is 26.4.